The molecule has 0 fully saturated rings. The Morgan fingerprint density at radius 3 is 0.714 bits per heavy atom. The fourth-order valence-corrected chi connectivity index (χ4v) is 2.27. The molecule has 0 aliphatic rings. The minimum absolute atomic E-state index is 0.564. The van der Waals surface area contributed by atoms with Crippen LogP contribution in [0.5, 0.6) is 0 Å². The molecule has 0 atom stereocenters. The van der Waals surface area contributed by atoms with E-state index in [1.54, 1.807) is 62.3 Å². The van der Waals surface area contributed by atoms with Gasteiger partial charge in [0.05, 0.1) is 0 Å². The van der Waals surface area contributed by atoms with Crippen LogP contribution in [-0.2, 0) is 16.6 Å². The minimum atomic E-state index is -0.706. The summed E-state index contributed by atoms with van der Waals surface area (Å²) < 4.78 is 3.47. The van der Waals surface area contributed by atoms with E-state index in [9.17, 15) is 14.4 Å². The summed E-state index contributed by atoms with van der Waals surface area (Å²) >= 11 is 0. The second kappa shape index (κ2) is 4.71. The van der Waals surface area contributed by atoms with Crippen LogP contribution in [0.2, 0.25) is 0 Å². The summed E-state index contributed by atoms with van der Waals surface area (Å²) in [6.45, 7) is 16.0. The first-order chi connectivity index (χ1) is 9.10. The standard InChI is InChI=1S/C15H27N3O3/c1-13(2,3)16-10(19)17(14(4,5)6)12(21)18(11(16)20)15(7,8)9/h1-9H3. The van der Waals surface area contributed by atoms with Gasteiger partial charge in [-0.15, -0.1) is 0 Å². The zero-order chi connectivity index (χ0) is 17.0. The molecule has 1 heterocycles. The second-order valence-electron chi connectivity index (χ2n) is 8.37. The van der Waals surface area contributed by atoms with Crippen molar-refractivity contribution < 1.29 is 0 Å². The summed E-state index contributed by atoms with van der Waals surface area (Å²) in [7, 11) is 0. The molecule has 120 valence electrons. The van der Waals surface area contributed by atoms with E-state index >= 15 is 0 Å². The number of hydrogen-bond donors (Lipinski definition) is 0. The van der Waals surface area contributed by atoms with E-state index in [4.69, 9.17) is 0 Å². The number of nitrogens with zero attached hydrogens (tertiary/aromatic N) is 3. The van der Waals surface area contributed by atoms with Crippen molar-refractivity contribution in [3.8, 4) is 0 Å². The van der Waals surface area contributed by atoms with E-state index in [0.29, 0.717) is 0 Å². The van der Waals surface area contributed by atoms with Crippen LogP contribution < -0.4 is 17.1 Å². The predicted molar refractivity (Wildman–Crippen MR) is 84.2 cm³/mol. The van der Waals surface area contributed by atoms with Gasteiger partial charge < -0.3 is 0 Å². The minimum Gasteiger partial charge on any atom is -0.247 e. The largest absolute Gasteiger partial charge is 0.337 e. The van der Waals surface area contributed by atoms with E-state index < -0.39 is 33.7 Å². The van der Waals surface area contributed by atoms with E-state index in [1.165, 1.54) is 0 Å². The van der Waals surface area contributed by atoms with Crippen LogP contribution in [0.4, 0.5) is 0 Å². The van der Waals surface area contributed by atoms with Crippen LogP contribution in [0.15, 0.2) is 14.4 Å². The molecule has 6 nitrogen and oxygen atoms in total. The van der Waals surface area contributed by atoms with E-state index in [0.717, 1.165) is 13.7 Å². The number of aromatic nitrogens is 3. The average Bonchev–Trinajstić information content (AvgIpc) is 2.07. The Kier molecular flexibility index (Phi) is 3.92. The first kappa shape index (κ1) is 17.5. The third-order valence-electron chi connectivity index (χ3n) is 3.16. The Labute approximate surface area is 125 Å². The summed E-state index contributed by atoms with van der Waals surface area (Å²) in [4.78, 5) is 38.1. The monoisotopic (exact) mass is 297 g/mol. The molecule has 1 rings (SSSR count). The molecule has 0 aromatic carbocycles. The van der Waals surface area contributed by atoms with Gasteiger partial charge in [0.1, 0.15) is 0 Å². The maximum absolute atomic E-state index is 12.7. The quantitative estimate of drug-likeness (QED) is 0.727. The smallest absolute Gasteiger partial charge is 0.247 e. The molecule has 0 bridgehead atoms. The zero-order valence-electron chi connectivity index (χ0n) is 14.6. The van der Waals surface area contributed by atoms with Gasteiger partial charge >= 0.3 is 17.1 Å². The highest BCUT2D eigenvalue weighted by Gasteiger charge is 2.31. The molecular formula is C15H27N3O3. The summed E-state index contributed by atoms with van der Waals surface area (Å²) in [6, 6.07) is 0. The Morgan fingerprint density at radius 1 is 0.476 bits per heavy atom. The lowest BCUT2D eigenvalue weighted by atomic mass is 10.1. The Morgan fingerprint density at radius 2 is 0.619 bits per heavy atom. The molecule has 0 saturated heterocycles. The van der Waals surface area contributed by atoms with Crippen LogP contribution in [0.1, 0.15) is 62.3 Å². The lowest BCUT2D eigenvalue weighted by molar-refractivity contribution is 0.240. The average molecular weight is 297 g/mol. The lowest BCUT2D eigenvalue weighted by Gasteiger charge is -2.31. The van der Waals surface area contributed by atoms with Gasteiger partial charge in [-0.1, -0.05) is 0 Å². The third kappa shape index (κ3) is 3.04. The first-order valence-corrected chi connectivity index (χ1v) is 7.12. The van der Waals surface area contributed by atoms with Crippen LogP contribution in [0.25, 0.3) is 0 Å². The van der Waals surface area contributed by atoms with Gasteiger partial charge in [0.2, 0.25) is 0 Å². The molecule has 0 amide bonds. The fraction of sp³-hybridized carbons (Fsp3) is 0.800. The summed E-state index contributed by atoms with van der Waals surface area (Å²) in [6.07, 6.45) is 0. The van der Waals surface area contributed by atoms with Crippen LogP contribution in [0, 0.1) is 0 Å². The topological polar surface area (TPSA) is 66.0 Å². The van der Waals surface area contributed by atoms with Crippen LogP contribution in [-0.4, -0.2) is 13.7 Å². The van der Waals surface area contributed by atoms with Crippen molar-refractivity contribution in [3.63, 3.8) is 0 Å². The van der Waals surface area contributed by atoms with Crippen molar-refractivity contribution in [2.75, 3.05) is 0 Å². The highest BCUT2D eigenvalue weighted by molar-refractivity contribution is 4.92. The predicted octanol–water partition coefficient (Wildman–Crippen LogP) is 1.44. The van der Waals surface area contributed by atoms with Gasteiger partial charge in [0.25, 0.3) is 0 Å². The SMILES string of the molecule is CC(C)(C)n1c(=O)n(C(C)(C)C)c(=O)n(C(C)(C)C)c1=O. The molecule has 6 heteroatoms. The zero-order valence-corrected chi connectivity index (χ0v) is 14.6. The second-order valence-corrected chi connectivity index (χ2v) is 8.37. The maximum Gasteiger partial charge on any atom is 0.337 e. The van der Waals surface area contributed by atoms with Gasteiger partial charge in [-0.2, -0.15) is 0 Å². The fourth-order valence-electron chi connectivity index (χ4n) is 2.27. The van der Waals surface area contributed by atoms with E-state index in [-0.39, 0.29) is 0 Å². The summed E-state index contributed by atoms with van der Waals surface area (Å²) in [5.41, 5.74) is -3.81. The molecule has 1 aromatic rings. The van der Waals surface area contributed by atoms with Gasteiger partial charge in [0, 0.05) is 16.6 Å². The lowest BCUT2D eigenvalue weighted by Crippen LogP contribution is -2.63. The number of hydrogen-bond acceptors (Lipinski definition) is 3. The van der Waals surface area contributed by atoms with Gasteiger partial charge in [-0.3, -0.25) is 0 Å². The molecule has 0 radical (unpaired) electrons. The van der Waals surface area contributed by atoms with Crippen molar-refractivity contribution >= 4 is 0 Å². The van der Waals surface area contributed by atoms with Gasteiger partial charge in [-0.25, -0.2) is 28.1 Å². The normalized spacial score (nSPS) is 13.6. The highest BCUT2D eigenvalue weighted by Crippen LogP contribution is 2.13. The van der Waals surface area contributed by atoms with Crippen molar-refractivity contribution in [2.45, 2.75) is 78.9 Å². The summed E-state index contributed by atoms with van der Waals surface area (Å²) in [5, 5.41) is 0. The molecular weight excluding hydrogens is 270 g/mol. The van der Waals surface area contributed by atoms with Crippen molar-refractivity contribution in [2.24, 2.45) is 0 Å². The molecule has 1 aromatic heterocycles. The molecule has 0 aliphatic carbocycles. The molecule has 21 heavy (non-hydrogen) atoms. The molecule has 0 unspecified atom stereocenters. The van der Waals surface area contributed by atoms with Gasteiger partial charge in [0.15, 0.2) is 0 Å². The third-order valence-corrected chi connectivity index (χ3v) is 3.16. The Bertz CT molecular complexity index is 583. The van der Waals surface area contributed by atoms with Crippen LogP contribution >= 0.6 is 0 Å². The van der Waals surface area contributed by atoms with E-state index in [2.05, 4.69) is 0 Å². The first-order valence-electron chi connectivity index (χ1n) is 7.12. The molecule has 0 saturated carbocycles. The number of rotatable bonds is 0. The molecule has 0 spiro atoms. The molecule has 0 aliphatic heterocycles. The molecule has 0 N–H and O–H groups in total. The van der Waals surface area contributed by atoms with Crippen LogP contribution in [0.3, 0.4) is 0 Å². The van der Waals surface area contributed by atoms with Crippen molar-refractivity contribution in [3.05, 3.63) is 31.5 Å². The summed E-state index contributed by atoms with van der Waals surface area (Å²) in [5.74, 6) is 0. The Balaban J connectivity index is 4.21. The maximum atomic E-state index is 12.7. The van der Waals surface area contributed by atoms with E-state index in [1.807, 2.05) is 0 Å². The van der Waals surface area contributed by atoms with Crippen molar-refractivity contribution in [1.29, 1.82) is 0 Å². The Hall–Kier alpha value is -1.59. The van der Waals surface area contributed by atoms with Gasteiger partial charge in [-0.05, 0) is 62.3 Å². The highest BCUT2D eigenvalue weighted by atomic mass is 16.2. The van der Waals surface area contributed by atoms with Crippen molar-refractivity contribution in [1.82, 2.24) is 13.7 Å².